The summed E-state index contributed by atoms with van der Waals surface area (Å²) in [6.07, 6.45) is 7.42. The van der Waals surface area contributed by atoms with Gasteiger partial charge in [0, 0.05) is 24.6 Å². The summed E-state index contributed by atoms with van der Waals surface area (Å²) in [6, 6.07) is 3.63. The van der Waals surface area contributed by atoms with Gasteiger partial charge in [-0.1, -0.05) is 19.3 Å². The van der Waals surface area contributed by atoms with Crippen molar-refractivity contribution in [3.8, 4) is 0 Å². The Morgan fingerprint density at radius 2 is 2.11 bits per heavy atom. The van der Waals surface area contributed by atoms with E-state index in [-0.39, 0.29) is 17.7 Å². The van der Waals surface area contributed by atoms with Crippen LogP contribution < -0.4 is 11.5 Å². The van der Waals surface area contributed by atoms with E-state index in [1.54, 1.807) is 12.3 Å². The van der Waals surface area contributed by atoms with Gasteiger partial charge in [-0.25, -0.2) is 4.98 Å². The lowest BCUT2D eigenvalue weighted by atomic mass is 9.88. The summed E-state index contributed by atoms with van der Waals surface area (Å²) in [5.41, 5.74) is 12.7. The van der Waals surface area contributed by atoms with Crippen molar-refractivity contribution in [3.05, 3.63) is 23.9 Å². The van der Waals surface area contributed by atoms with Crippen molar-refractivity contribution in [1.82, 2.24) is 4.98 Å². The van der Waals surface area contributed by atoms with Crippen molar-refractivity contribution in [2.45, 2.75) is 44.6 Å². The van der Waals surface area contributed by atoms with E-state index >= 15 is 0 Å². The molecule has 0 bridgehead atoms. The lowest BCUT2D eigenvalue weighted by Gasteiger charge is -2.19. The molecule has 1 aromatic heterocycles. The number of rotatable bonds is 3. The Kier molecular flexibility index (Phi) is 4.31. The highest BCUT2D eigenvalue weighted by Crippen LogP contribution is 2.24. The molecular weight excluding hydrogens is 226 g/mol. The van der Waals surface area contributed by atoms with Gasteiger partial charge in [0.25, 0.3) is 0 Å². The van der Waals surface area contributed by atoms with Crippen LogP contribution in [-0.4, -0.2) is 16.8 Å². The molecule has 2 unspecified atom stereocenters. The van der Waals surface area contributed by atoms with Crippen molar-refractivity contribution in [3.63, 3.8) is 0 Å². The molecule has 1 aliphatic carbocycles. The van der Waals surface area contributed by atoms with Crippen LogP contribution in [0.1, 0.15) is 37.7 Å². The maximum Gasteiger partial charge on any atom is 0.141 e. The maximum absolute atomic E-state index is 12.3. The van der Waals surface area contributed by atoms with Crippen molar-refractivity contribution in [2.75, 3.05) is 5.73 Å². The van der Waals surface area contributed by atoms with Gasteiger partial charge in [-0.15, -0.1) is 0 Å². The standard InChI is InChI=1S/C14H21N3O/c15-12-5-3-1-2-4-11(12)13(18)8-10-6-7-17-14(16)9-10/h6-7,9,11-12H,1-5,8,15H2,(H2,16,17). The van der Waals surface area contributed by atoms with Crippen LogP contribution >= 0.6 is 0 Å². The van der Waals surface area contributed by atoms with Crippen molar-refractivity contribution < 1.29 is 4.79 Å². The number of anilines is 1. The van der Waals surface area contributed by atoms with Gasteiger partial charge in [0.2, 0.25) is 0 Å². The molecule has 4 nitrogen and oxygen atoms in total. The predicted octanol–water partition coefficient (Wildman–Crippen LogP) is 1.68. The molecular formula is C14H21N3O. The van der Waals surface area contributed by atoms with E-state index < -0.39 is 0 Å². The summed E-state index contributed by atoms with van der Waals surface area (Å²) >= 11 is 0. The fourth-order valence-corrected chi connectivity index (χ4v) is 2.67. The predicted molar refractivity (Wildman–Crippen MR) is 71.9 cm³/mol. The second-order valence-corrected chi connectivity index (χ2v) is 5.14. The van der Waals surface area contributed by atoms with Crippen LogP contribution in [0.5, 0.6) is 0 Å². The van der Waals surface area contributed by atoms with Crippen LogP contribution in [0.2, 0.25) is 0 Å². The second-order valence-electron chi connectivity index (χ2n) is 5.14. The molecule has 0 aliphatic heterocycles. The van der Waals surface area contributed by atoms with Gasteiger partial charge in [-0.3, -0.25) is 4.79 Å². The number of pyridine rings is 1. The Hall–Kier alpha value is -1.42. The monoisotopic (exact) mass is 247 g/mol. The van der Waals surface area contributed by atoms with Gasteiger partial charge in [0.05, 0.1) is 0 Å². The van der Waals surface area contributed by atoms with Crippen molar-refractivity contribution in [2.24, 2.45) is 11.7 Å². The molecule has 0 saturated heterocycles. The molecule has 1 saturated carbocycles. The highest BCUT2D eigenvalue weighted by Gasteiger charge is 2.26. The number of hydrogen-bond donors (Lipinski definition) is 2. The molecule has 1 aliphatic rings. The molecule has 98 valence electrons. The van der Waals surface area contributed by atoms with Crippen LogP contribution in [0.15, 0.2) is 18.3 Å². The molecule has 2 rings (SSSR count). The molecule has 0 radical (unpaired) electrons. The zero-order chi connectivity index (χ0) is 13.0. The lowest BCUT2D eigenvalue weighted by Crippen LogP contribution is -2.35. The van der Waals surface area contributed by atoms with Gasteiger partial charge >= 0.3 is 0 Å². The van der Waals surface area contributed by atoms with E-state index in [4.69, 9.17) is 11.5 Å². The van der Waals surface area contributed by atoms with Crippen LogP contribution in [0.3, 0.4) is 0 Å². The molecule has 2 atom stereocenters. The molecule has 0 aromatic carbocycles. The third-order valence-electron chi connectivity index (χ3n) is 3.71. The molecule has 4 N–H and O–H groups in total. The summed E-state index contributed by atoms with van der Waals surface area (Å²) in [5, 5.41) is 0. The minimum Gasteiger partial charge on any atom is -0.384 e. The normalized spacial score (nSPS) is 24.5. The number of nitrogen functional groups attached to an aromatic ring is 1. The van der Waals surface area contributed by atoms with Gasteiger partial charge in [-0.05, 0) is 30.5 Å². The smallest absolute Gasteiger partial charge is 0.141 e. The molecule has 1 aromatic rings. The number of Topliss-reactive ketones (excluding diaryl/α,β-unsaturated/α-hetero) is 1. The Bertz CT molecular complexity index is 419. The maximum atomic E-state index is 12.3. The first-order chi connectivity index (χ1) is 8.66. The zero-order valence-electron chi connectivity index (χ0n) is 10.6. The average Bonchev–Trinajstić information content (AvgIpc) is 2.54. The van der Waals surface area contributed by atoms with E-state index in [0.717, 1.165) is 31.2 Å². The first-order valence-electron chi connectivity index (χ1n) is 6.65. The number of hydrogen-bond acceptors (Lipinski definition) is 4. The van der Waals surface area contributed by atoms with Crippen LogP contribution in [0.25, 0.3) is 0 Å². The SMILES string of the molecule is Nc1cc(CC(=O)C2CCCCCC2N)ccn1. The number of ketones is 1. The van der Waals surface area contributed by atoms with Crippen LogP contribution in [0, 0.1) is 5.92 Å². The first-order valence-corrected chi connectivity index (χ1v) is 6.65. The van der Waals surface area contributed by atoms with E-state index in [2.05, 4.69) is 4.98 Å². The number of nitrogens with zero attached hydrogens (tertiary/aromatic N) is 1. The third-order valence-corrected chi connectivity index (χ3v) is 3.71. The minimum absolute atomic E-state index is 0.0156. The van der Waals surface area contributed by atoms with Gasteiger partial charge in [-0.2, -0.15) is 0 Å². The molecule has 18 heavy (non-hydrogen) atoms. The molecule has 1 fully saturated rings. The minimum atomic E-state index is 0.0156. The fourth-order valence-electron chi connectivity index (χ4n) is 2.67. The van der Waals surface area contributed by atoms with E-state index in [9.17, 15) is 4.79 Å². The number of carbonyl (C=O) groups is 1. The quantitative estimate of drug-likeness (QED) is 0.796. The van der Waals surface area contributed by atoms with Crippen molar-refractivity contribution in [1.29, 1.82) is 0 Å². The van der Waals surface area contributed by atoms with Gasteiger partial charge < -0.3 is 11.5 Å². The summed E-state index contributed by atoms with van der Waals surface area (Å²) in [5.74, 6) is 0.724. The third kappa shape index (κ3) is 3.29. The first kappa shape index (κ1) is 13.0. The molecule has 0 spiro atoms. The summed E-state index contributed by atoms with van der Waals surface area (Å²) in [6.45, 7) is 0. The number of carbonyl (C=O) groups excluding carboxylic acids is 1. The molecule has 1 heterocycles. The second kappa shape index (κ2) is 5.96. The van der Waals surface area contributed by atoms with E-state index in [1.807, 2.05) is 6.07 Å². The summed E-state index contributed by atoms with van der Waals surface area (Å²) in [4.78, 5) is 16.2. The Morgan fingerprint density at radius 3 is 2.89 bits per heavy atom. The van der Waals surface area contributed by atoms with Crippen LogP contribution in [-0.2, 0) is 11.2 Å². The van der Waals surface area contributed by atoms with Crippen molar-refractivity contribution >= 4 is 11.6 Å². The molecule has 0 amide bonds. The number of aromatic nitrogens is 1. The largest absolute Gasteiger partial charge is 0.384 e. The van der Waals surface area contributed by atoms with Crippen LogP contribution in [0.4, 0.5) is 5.82 Å². The lowest BCUT2D eigenvalue weighted by molar-refractivity contribution is -0.123. The Labute approximate surface area is 108 Å². The zero-order valence-corrected chi connectivity index (χ0v) is 10.6. The number of nitrogens with two attached hydrogens (primary N) is 2. The Morgan fingerprint density at radius 1 is 1.33 bits per heavy atom. The van der Waals surface area contributed by atoms with E-state index in [1.165, 1.54) is 6.42 Å². The highest BCUT2D eigenvalue weighted by molar-refractivity contribution is 5.84. The van der Waals surface area contributed by atoms with Gasteiger partial charge in [0.1, 0.15) is 11.6 Å². The summed E-state index contributed by atoms with van der Waals surface area (Å²) in [7, 11) is 0. The topological polar surface area (TPSA) is 82.0 Å². The Balaban J connectivity index is 2.02. The molecule has 4 heteroatoms. The summed E-state index contributed by atoms with van der Waals surface area (Å²) < 4.78 is 0. The fraction of sp³-hybridized carbons (Fsp3) is 0.571. The average molecular weight is 247 g/mol. The van der Waals surface area contributed by atoms with E-state index in [0.29, 0.717) is 12.2 Å². The highest BCUT2D eigenvalue weighted by atomic mass is 16.1. The van der Waals surface area contributed by atoms with Gasteiger partial charge in [0.15, 0.2) is 0 Å².